The predicted molar refractivity (Wildman–Crippen MR) is 166 cm³/mol. The molecule has 7 nitrogen and oxygen atoms in total. The second-order valence-electron chi connectivity index (χ2n) is 11.0. The molecule has 0 aliphatic carbocycles. The molecule has 0 aliphatic rings. The van der Waals surface area contributed by atoms with E-state index in [4.69, 9.17) is 23.2 Å². The molecule has 3 aromatic carbocycles. The summed E-state index contributed by atoms with van der Waals surface area (Å²) >= 11 is 12.4. The molecule has 0 fully saturated rings. The number of aryl methyl sites for hydroxylation is 1. The number of carbonyl (C=O) groups is 2. The van der Waals surface area contributed by atoms with Crippen molar-refractivity contribution in [2.75, 3.05) is 10.8 Å². The molecule has 0 bridgehead atoms. The number of carbonyl (C=O) groups excluding carboxylic acids is 2. The first-order valence-corrected chi connectivity index (χ1v) is 15.5. The lowest BCUT2D eigenvalue weighted by molar-refractivity contribution is -0.141. The van der Waals surface area contributed by atoms with Crippen LogP contribution in [0.25, 0.3) is 0 Å². The number of nitrogens with one attached hydrogen (secondary N) is 1. The largest absolute Gasteiger partial charge is 0.350 e. The Kier molecular flexibility index (Phi) is 10.5. The molecule has 0 unspecified atom stereocenters. The maximum absolute atomic E-state index is 14.2. The van der Waals surface area contributed by atoms with Crippen molar-refractivity contribution >= 4 is 50.7 Å². The van der Waals surface area contributed by atoms with Gasteiger partial charge in [0, 0.05) is 12.1 Å². The highest BCUT2D eigenvalue weighted by molar-refractivity contribution is 7.92. The van der Waals surface area contributed by atoms with E-state index in [1.54, 1.807) is 48.5 Å². The van der Waals surface area contributed by atoms with Gasteiger partial charge in [-0.15, -0.1) is 0 Å². The van der Waals surface area contributed by atoms with Crippen molar-refractivity contribution in [1.29, 1.82) is 0 Å². The number of sulfonamides is 1. The molecule has 0 saturated heterocycles. The van der Waals surface area contributed by atoms with E-state index in [0.717, 1.165) is 15.4 Å². The SMILES string of the molecule is CC[C@@H](C(=O)NC(C)(C)C)N(Cc1ccc(Cl)c(Cl)c1)C(=O)CN(c1cccc(C)c1C)S(=O)(=O)c1ccccc1. The van der Waals surface area contributed by atoms with E-state index >= 15 is 0 Å². The van der Waals surface area contributed by atoms with Gasteiger partial charge in [0.1, 0.15) is 12.6 Å². The number of benzene rings is 3. The van der Waals surface area contributed by atoms with Gasteiger partial charge in [-0.3, -0.25) is 13.9 Å². The van der Waals surface area contributed by atoms with E-state index in [9.17, 15) is 18.0 Å². The lowest BCUT2D eigenvalue weighted by Crippen LogP contribution is -2.55. The fraction of sp³-hybridized carbons (Fsp3) is 0.355. The van der Waals surface area contributed by atoms with Crippen LogP contribution in [0.4, 0.5) is 5.69 Å². The van der Waals surface area contributed by atoms with Gasteiger partial charge in [-0.05, 0) is 88.1 Å². The Labute approximate surface area is 253 Å². The number of amides is 2. The van der Waals surface area contributed by atoms with E-state index in [1.807, 2.05) is 47.6 Å². The van der Waals surface area contributed by atoms with Crippen LogP contribution in [0.2, 0.25) is 10.0 Å². The first kappa shape index (κ1) is 32.4. The topological polar surface area (TPSA) is 86.8 Å². The molecule has 0 spiro atoms. The van der Waals surface area contributed by atoms with Crippen molar-refractivity contribution in [3.05, 3.63) is 93.5 Å². The molecule has 0 radical (unpaired) electrons. The molecule has 0 aliphatic heterocycles. The summed E-state index contributed by atoms with van der Waals surface area (Å²) in [6.07, 6.45) is 0.309. The Hall–Kier alpha value is -3.07. The minimum absolute atomic E-state index is 0.0256. The van der Waals surface area contributed by atoms with E-state index in [-0.39, 0.29) is 17.3 Å². The number of nitrogens with zero attached hydrogens (tertiary/aromatic N) is 2. The zero-order chi connectivity index (χ0) is 30.5. The van der Waals surface area contributed by atoms with Crippen LogP contribution in [-0.2, 0) is 26.2 Å². The number of rotatable bonds is 10. The third-order valence-electron chi connectivity index (χ3n) is 6.68. The number of hydrogen-bond donors (Lipinski definition) is 1. The minimum Gasteiger partial charge on any atom is -0.350 e. The number of hydrogen-bond acceptors (Lipinski definition) is 4. The summed E-state index contributed by atoms with van der Waals surface area (Å²) in [5.41, 5.74) is 2.12. The molecule has 1 N–H and O–H groups in total. The van der Waals surface area contributed by atoms with E-state index in [2.05, 4.69) is 5.32 Å². The maximum atomic E-state index is 14.2. The zero-order valence-electron chi connectivity index (χ0n) is 24.2. The van der Waals surface area contributed by atoms with E-state index < -0.39 is 34.1 Å². The summed E-state index contributed by atoms with van der Waals surface area (Å²) < 4.78 is 29.1. The van der Waals surface area contributed by atoms with Gasteiger partial charge in [-0.25, -0.2) is 8.42 Å². The predicted octanol–water partition coefficient (Wildman–Crippen LogP) is 6.53. The Morgan fingerprint density at radius 3 is 2.17 bits per heavy atom. The maximum Gasteiger partial charge on any atom is 0.264 e. The first-order valence-electron chi connectivity index (χ1n) is 13.3. The molecular formula is C31H37Cl2N3O4S. The van der Waals surface area contributed by atoms with Crippen LogP contribution in [0, 0.1) is 13.8 Å². The molecule has 2 amide bonds. The van der Waals surface area contributed by atoms with Crippen molar-refractivity contribution in [2.45, 2.75) is 71.0 Å². The van der Waals surface area contributed by atoms with Crippen LogP contribution in [0.3, 0.4) is 0 Å². The molecule has 0 aromatic heterocycles. The Morgan fingerprint density at radius 2 is 1.59 bits per heavy atom. The molecule has 1 atom stereocenters. The quantitative estimate of drug-likeness (QED) is 0.280. The van der Waals surface area contributed by atoms with Crippen LogP contribution in [0.5, 0.6) is 0 Å². The first-order chi connectivity index (χ1) is 19.2. The monoisotopic (exact) mass is 617 g/mol. The molecule has 10 heteroatoms. The standard InChI is InChI=1S/C31H37Cl2N3O4S/c1-7-27(30(38)34-31(4,5)6)35(19-23-16-17-25(32)26(33)18-23)29(37)20-36(28-15-11-12-21(2)22(28)3)41(39,40)24-13-9-8-10-14-24/h8-18,27H,7,19-20H2,1-6H3,(H,34,38)/t27-/m0/s1. The van der Waals surface area contributed by atoms with Gasteiger partial charge in [0.2, 0.25) is 11.8 Å². The minimum atomic E-state index is -4.14. The highest BCUT2D eigenvalue weighted by Gasteiger charge is 2.35. The van der Waals surface area contributed by atoms with Gasteiger partial charge >= 0.3 is 0 Å². The molecule has 41 heavy (non-hydrogen) atoms. The second-order valence-corrected chi connectivity index (χ2v) is 13.7. The number of halogens is 2. The molecular weight excluding hydrogens is 581 g/mol. The Morgan fingerprint density at radius 1 is 0.927 bits per heavy atom. The Bertz CT molecular complexity index is 1510. The Balaban J connectivity index is 2.12. The van der Waals surface area contributed by atoms with Crippen LogP contribution >= 0.6 is 23.2 Å². The van der Waals surface area contributed by atoms with Gasteiger partial charge < -0.3 is 10.2 Å². The van der Waals surface area contributed by atoms with E-state index in [0.29, 0.717) is 27.7 Å². The van der Waals surface area contributed by atoms with Gasteiger partial charge in [0.05, 0.1) is 20.6 Å². The van der Waals surface area contributed by atoms with Gasteiger partial charge in [-0.2, -0.15) is 0 Å². The van der Waals surface area contributed by atoms with Crippen LogP contribution < -0.4 is 9.62 Å². The average molecular weight is 619 g/mol. The van der Waals surface area contributed by atoms with Crippen LogP contribution in [0.15, 0.2) is 71.6 Å². The highest BCUT2D eigenvalue weighted by Crippen LogP contribution is 2.30. The molecule has 3 rings (SSSR count). The second kappa shape index (κ2) is 13.3. The van der Waals surface area contributed by atoms with Crippen molar-refractivity contribution in [1.82, 2.24) is 10.2 Å². The normalized spacial score (nSPS) is 12.5. The summed E-state index contributed by atoms with van der Waals surface area (Å²) in [4.78, 5) is 29.1. The average Bonchev–Trinajstić information content (AvgIpc) is 2.90. The summed E-state index contributed by atoms with van der Waals surface area (Å²) in [6.45, 7) is 10.6. The van der Waals surface area contributed by atoms with Crippen molar-refractivity contribution in [3.63, 3.8) is 0 Å². The lowest BCUT2D eigenvalue weighted by Gasteiger charge is -2.35. The summed E-state index contributed by atoms with van der Waals surface area (Å²) in [6, 6.07) is 17.4. The smallest absolute Gasteiger partial charge is 0.264 e. The molecule has 3 aromatic rings. The molecule has 0 saturated carbocycles. The highest BCUT2D eigenvalue weighted by atomic mass is 35.5. The van der Waals surface area contributed by atoms with Crippen molar-refractivity contribution in [2.24, 2.45) is 0 Å². The van der Waals surface area contributed by atoms with E-state index in [1.165, 1.54) is 17.0 Å². The summed E-state index contributed by atoms with van der Waals surface area (Å²) in [7, 11) is -4.14. The summed E-state index contributed by atoms with van der Waals surface area (Å²) in [5.74, 6) is -0.870. The molecule has 220 valence electrons. The van der Waals surface area contributed by atoms with Crippen LogP contribution in [-0.4, -0.2) is 43.3 Å². The van der Waals surface area contributed by atoms with Gasteiger partial charge in [0.15, 0.2) is 0 Å². The van der Waals surface area contributed by atoms with Gasteiger partial charge in [0.25, 0.3) is 10.0 Å². The number of anilines is 1. The van der Waals surface area contributed by atoms with Crippen LogP contribution in [0.1, 0.15) is 50.8 Å². The zero-order valence-corrected chi connectivity index (χ0v) is 26.6. The van der Waals surface area contributed by atoms with Gasteiger partial charge in [-0.1, -0.05) is 66.5 Å². The fourth-order valence-electron chi connectivity index (χ4n) is 4.45. The summed E-state index contributed by atoms with van der Waals surface area (Å²) in [5, 5.41) is 3.63. The third-order valence-corrected chi connectivity index (χ3v) is 9.19. The fourth-order valence-corrected chi connectivity index (χ4v) is 6.26. The van der Waals surface area contributed by atoms with Crippen molar-refractivity contribution < 1.29 is 18.0 Å². The molecule has 0 heterocycles. The van der Waals surface area contributed by atoms with Crippen molar-refractivity contribution in [3.8, 4) is 0 Å². The lowest BCUT2D eigenvalue weighted by atomic mass is 10.1. The third kappa shape index (κ3) is 8.03.